The third-order valence-corrected chi connectivity index (χ3v) is 4.57. The maximum absolute atomic E-state index is 5.98. The van der Waals surface area contributed by atoms with Gasteiger partial charge >= 0.3 is 0 Å². The van der Waals surface area contributed by atoms with Gasteiger partial charge in [0.25, 0.3) is 0 Å². The molecule has 1 aliphatic rings. The first-order chi connectivity index (χ1) is 13.1. The highest BCUT2D eigenvalue weighted by Crippen LogP contribution is 2.28. The van der Waals surface area contributed by atoms with Crippen LogP contribution < -0.4 is 10.1 Å². The molecule has 7 heteroatoms. The van der Waals surface area contributed by atoms with E-state index in [-0.39, 0.29) is 5.28 Å². The van der Waals surface area contributed by atoms with Crippen LogP contribution in [0, 0.1) is 5.92 Å². The fraction of sp³-hybridized carbons (Fsp3) is 0.550. The van der Waals surface area contributed by atoms with Gasteiger partial charge in [-0.1, -0.05) is 70.9 Å². The molecule has 0 bridgehead atoms. The number of methoxy groups -OCH3 is 1. The number of rotatable bonds is 3. The predicted octanol–water partition coefficient (Wildman–Crippen LogP) is 6.93. The fourth-order valence-electron chi connectivity index (χ4n) is 2.69. The van der Waals surface area contributed by atoms with Gasteiger partial charge in [0, 0.05) is 5.69 Å². The minimum atomic E-state index is 0.127. The van der Waals surface area contributed by atoms with Crippen molar-refractivity contribution in [2.45, 2.75) is 59.3 Å². The number of nitrogens with zero attached hydrogens (tertiary/aromatic N) is 3. The average Bonchev–Trinajstić information content (AvgIpc) is 2.92. The Kier molecular flexibility index (Phi) is 11.8. The van der Waals surface area contributed by atoms with Crippen LogP contribution in [0.1, 0.15) is 59.3 Å². The van der Waals surface area contributed by atoms with Crippen molar-refractivity contribution in [3.05, 3.63) is 34.8 Å². The number of nitrogens with one attached hydrogen (secondary N) is 1. The summed E-state index contributed by atoms with van der Waals surface area (Å²) in [5.74, 6) is 1.98. The maximum atomic E-state index is 5.98. The molecule has 3 rings (SSSR count). The lowest BCUT2D eigenvalue weighted by atomic mass is 10.0. The Hall–Kier alpha value is -1.59. The maximum Gasteiger partial charge on any atom is 0.231 e. The molecule has 1 aromatic heterocycles. The smallest absolute Gasteiger partial charge is 0.231 e. The summed E-state index contributed by atoms with van der Waals surface area (Å²) in [6, 6.07) is 5.24. The van der Waals surface area contributed by atoms with Crippen molar-refractivity contribution in [2.75, 3.05) is 12.4 Å². The van der Waals surface area contributed by atoms with Gasteiger partial charge in [-0.25, -0.2) is 9.97 Å². The van der Waals surface area contributed by atoms with Crippen LogP contribution in [0.3, 0.4) is 0 Å². The van der Waals surface area contributed by atoms with E-state index in [1.165, 1.54) is 44.9 Å². The van der Waals surface area contributed by atoms with Crippen molar-refractivity contribution in [3.8, 4) is 5.75 Å². The monoisotopic (exact) mass is 412 g/mol. The zero-order valence-electron chi connectivity index (χ0n) is 16.6. The number of benzene rings is 1. The van der Waals surface area contributed by atoms with Crippen molar-refractivity contribution in [1.29, 1.82) is 0 Å². The van der Waals surface area contributed by atoms with Crippen LogP contribution in [0.25, 0.3) is 0 Å². The number of hydrogen-bond donors (Lipinski definition) is 1. The number of hydrogen-bond acceptors (Lipinski definition) is 5. The first kappa shape index (κ1) is 23.4. The van der Waals surface area contributed by atoms with E-state index < -0.39 is 0 Å². The van der Waals surface area contributed by atoms with Gasteiger partial charge < -0.3 is 10.1 Å². The van der Waals surface area contributed by atoms with Crippen LogP contribution in [0.4, 0.5) is 11.6 Å². The molecule has 1 fully saturated rings. The summed E-state index contributed by atoms with van der Waals surface area (Å²) in [5, 5.41) is 3.57. The molecule has 0 amide bonds. The van der Waals surface area contributed by atoms with Gasteiger partial charge in [0.1, 0.15) is 12.1 Å². The van der Waals surface area contributed by atoms with E-state index in [1.807, 2.05) is 13.8 Å². The first-order valence-electron chi connectivity index (χ1n) is 9.53. The summed E-state index contributed by atoms with van der Waals surface area (Å²) < 4.78 is 5.05. The molecule has 1 heterocycles. The molecule has 1 aliphatic carbocycles. The largest absolute Gasteiger partial charge is 0.495 e. The third-order valence-electron chi connectivity index (χ3n) is 4.09. The van der Waals surface area contributed by atoms with Crippen molar-refractivity contribution in [3.63, 3.8) is 0 Å². The molecular formula is C20H30Cl2N4O. The summed E-state index contributed by atoms with van der Waals surface area (Å²) in [5.41, 5.74) is 0.734. The molecule has 1 N–H and O–H groups in total. The van der Waals surface area contributed by atoms with E-state index in [0.29, 0.717) is 16.7 Å². The summed E-state index contributed by atoms with van der Waals surface area (Å²) in [6.45, 7) is 6.38. The standard InChI is InChI=1S/C10H8Cl2N4O.C8H16.C2H6/c1-17-8-3-2-6(4-7(8)11)15-10-14-5-13-9(12)16-10;1-8-6-4-2-3-5-7-8;1-2/h2-5H,1H3,(H,13,14,15,16);8H,2-7H2,1H3;1-2H3. The lowest BCUT2D eigenvalue weighted by Crippen LogP contribution is -1.98. The molecule has 0 spiro atoms. The third kappa shape index (κ3) is 9.25. The van der Waals surface area contributed by atoms with E-state index in [4.69, 9.17) is 27.9 Å². The van der Waals surface area contributed by atoms with E-state index in [9.17, 15) is 0 Å². The Balaban J connectivity index is 0.000000305. The van der Waals surface area contributed by atoms with E-state index >= 15 is 0 Å². The van der Waals surface area contributed by atoms with Crippen molar-refractivity contribution >= 4 is 34.8 Å². The lowest BCUT2D eigenvalue weighted by molar-refractivity contribution is 0.415. The van der Waals surface area contributed by atoms with Crippen molar-refractivity contribution in [2.24, 2.45) is 5.92 Å². The predicted molar refractivity (Wildman–Crippen MR) is 114 cm³/mol. The highest BCUT2D eigenvalue weighted by molar-refractivity contribution is 6.32. The number of halogens is 2. The molecule has 5 nitrogen and oxygen atoms in total. The van der Waals surface area contributed by atoms with Gasteiger partial charge in [-0.15, -0.1) is 0 Å². The molecular weight excluding hydrogens is 383 g/mol. The van der Waals surface area contributed by atoms with Gasteiger partial charge in [-0.2, -0.15) is 4.98 Å². The molecule has 0 aliphatic heterocycles. The molecule has 2 aromatic rings. The second-order valence-corrected chi connectivity index (χ2v) is 6.89. The lowest BCUT2D eigenvalue weighted by Gasteiger charge is -2.07. The molecule has 0 saturated heterocycles. The topological polar surface area (TPSA) is 59.9 Å². The summed E-state index contributed by atoms with van der Waals surface area (Å²) in [7, 11) is 1.56. The fourth-order valence-corrected chi connectivity index (χ4v) is 3.07. The molecule has 0 unspecified atom stereocenters. The molecule has 150 valence electrons. The van der Waals surface area contributed by atoms with Gasteiger partial charge in [0.15, 0.2) is 0 Å². The van der Waals surface area contributed by atoms with Crippen LogP contribution >= 0.6 is 23.2 Å². The highest BCUT2D eigenvalue weighted by Gasteiger charge is 2.05. The highest BCUT2D eigenvalue weighted by atomic mass is 35.5. The van der Waals surface area contributed by atoms with Crippen LogP contribution in [-0.2, 0) is 0 Å². The summed E-state index contributed by atoms with van der Waals surface area (Å²) in [6.07, 6.45) is 10.2. The van der Waals surface area contributed by atoms with Gasteiger partial charge in [-0.3, -0.25) is 0 Å². The number of aromatic nitrogens is 3. The van der Waals surface area contributed by atoms with Crippen LogP contribution in [0.5, 0.6) is 5.75 Å². The zero-order valence-corrected chi connectivity index (χ0v) is 18.1. The first-order valence-corrected chi connectivity index (χ1v) is 10.3. The van der Waals surface area contributed by atoms with Crippen LogP contribution in [0.2, 0.25) is 10.3 Å². The van der Waals surface area contributed by atoms with Crippen LogP contribution in [-0.4, -0.2) is 22.1 Å². The van der Waals surface area contributed by atoms with E-state index in [1.54, 1.807) is 25.3 Å². The van der Waals surface area contributed by atoms with E-state index in [2.05, 4.69) is 27.2 Å². The molecule has 1 saturated carbocycles. The average molecular weight is 413 g/mol. The van der Waals surface area contributed by atoms with Gasteiger partial charge in [0.2, 0.25) is 11.2 Å². The molecule has 0 radical (unpaired) electrons. The minimum absolute atomic E-state index is 0.127. The van der Waals surface area contributed by atoms with E-state index in [0.717, 1.165) is 11.6 Å². The number of anilines is 2. The van der Waals surface area contributed by atoms with Gasteiger partial charge in [-0.05, 0) is 35.7 Å². The zero-order chi connectivity index (χ0) is 20.1. The molecule has 1 aromatic carbocycles. The number of ether oxygens (including phenoxy) is 1. The Bertz CT molecular complexity index is 662. The normalized spacial score (nSPS) is 14.0. The van der Waals surface area contributed by atoms with Crippen molar-refractivity contribution in [1.82, 2.24) is 15.0 Å². The minimum Gasteiger partial charge on any atom is -0.495 e. The second kappa shape index (κ2) is 13.6. The van der Waals surface area contributed by atoms with Crippen molar-refractivity contribution < 1.29 is 4.74 Å². The van der Waals surface area contributed by atoms with Crippen LogP contribution in [0.15, 0.2) is 24.5 Å². The summed E-state index contributed by atoms with van der Waals surface area (Å²) >= 11 is 11.6. The Morgan fingerprint density at radius 1 is 1.04 bits per heavy atom. The van der Waals surface area contributed by atoms with Gasteiger partial charge in [0.05, 0.1) is 12.1 Å². The Morgan fingerprint density at radius 2 is 1.70 bits per heavy atom. The molecule has 0 atom stereocenters. The second-order valence-electron chi connectivity index (χ2n) is 6.15. The Labute approximate surface area is 172 Å². The summed E-state index contributed by atoms with van der Waals surface area (Å²) in [4.78, 5) is 11.5. The SMILES string of the molecule is CC.CC1CCCCCC1.COc1ccc(Nc2ncnc(Cl)n2)cc1Cl. The quantitative estimate of drug-likeness (QED) is 0.553. The Morgan fingerprint density at radius 3 is 2.26 bits per heavy atom. The molecule has 27 heavy (non-hydrogen) atoms.